The van der Waals surface area contributed by atoms with Crippen molar-refractivity contribution in [1.29, 1.82) is 0 Å². The quantitative estimate of drug-likeness (QED) is 0.0874. The molecule has 4 aromatic carbocycles. The summed E-state index contributed by atoms with van der Waals surface area (Å²) in [6.07, 6.45) is 1.45. The number of amides is 2. The molecule has 5 rings (SSSR count). The molecule has 2 amide bonds. The van der Waals surface area contributed by atoms with Crippen LogP contribution in [0.2, 0.25) is 5.02 Å². The number of methoxy groups -OCH3 is 1. The van der Waals surface area contributed by atoms with Gasteiger partial charge >= 0.3 is 11.8 Å². The Morgan fingerprint density at radius 2 is 1.62 bits per heavy atom. The number of rotatable bonds is 6. The Balaban J connectivity index is 1.31. The van der Waals surface area contributed by atoms with E-state index < -0.39 is 11.8 Å². The molecule has 1 heterocycles. The van der Waals surface area contributed by atoms with E-state index in [1.165, 1.54) is 6.21 Å². The van der Waals surface area contributed by atoms with Crippen LogP contribution in [0.3, 0.4) is 0 Å². The van der Waals surface area contributed by atoms with Crippen molar-refractivity contribution in [2.45, 2.75) is 0 Å². The maximum atomic E-state index is 12.3. The van der Waals surface area contributed by atoms with E-state index in [1.54, 1.807) is 31.4 Å². The van der Waals surface area contributed by atoms with E-state index in [4.69, 9.17) is 21.3 Å². The van der Waals surface area contributed by atoms with Crippen molar-refractivity contribution < 1.29 is 14.3 Å². The summed E-state index contributed by atoms with van der Waals surface area (Å²) in [4.78, 5) is 29.2. The molecule has 3 N–H and O–H groups in total. The SMILES string of the molecule is COc1ccc2nc3cc(Cl)ccc3c(Nc3ccc(NC(=O)C(=O)N/N=C/c4ccc(Br)cc4)cc3)c2c1. The van der Waals surface area contributed by atoms with Gasteiger partial charge in [-0.3, -0.25) is 9.59 Å². The second kappa shape index (κ2) is 11.5. The first kappa shape index (κ1) is 26.1. The Hall–Kier alpha value is -4.47. The molecule has 39 heavy (non-hydrogen) atoms. The highest BCUT2D eigenvalue weighted by molar-refractivity contribution is 9.10. The summed E-state index contributed by atoms with van der Waals surface area (Å²) >= 11 is 9.57. The average molecular weight is 603 g/mol. The molecule has 8 nitrogen and oxygen atoms in total. The number of fused-ring (bicyclic) bond motifs is 2. The molecule has 0 saturated heterocycles. The number of halogens is 2. The smallest absolute Gasteiger partial charge is 0.329 e. The van der Waals surface area contributed by atoms with Crippen molar-refractivity contribution in [1.82, 2.24) is 10.4 Å². The van der Waals surface area contributed by atoms with Crippen LogP contribution in [0.15, 0.2) is 94.5 Å². The average Bonchev–Trinajstić information content (AvgIpc) is 2.94. The Bertz CT molecular complexity index is 1720. The fourth-order valence-corrected chi connectivity index (χ4v) is 4.32. The zero-order valence-corrected chi connectivity index (χ0v) is 22.9. The molecule has 10 heteroatoms. The highest BCUT2D eigenvalue weighted by atomic mass is 79.9. The van der Waals surface area contributed by atoms with E-state index in [2.05, 4.69) is 37.1 Å². The molecule has 0 radical (unpaired) electrons. The number of pyridine rings is 1. The summed E-state index contributed by atoms with van der Waals surface area (Å²) in [6, 6.07) is 25.5. The van der Waals surface area contributed by atoms with E-state index in [0.29, 0.717) is 16.5 Å². The largest absolute Gasteiger partial charge is 0.497 e. The number of hydrogen-bond donors (Lipinski definition) is 3. The molecule has 5 aromatic rings. The first-order valence-corrected chi connectivity index (χ1v) is 12.9. The lowest BCUT2D eigenvalue weighted by Gasteiger charge is -2.15. The summed E-state index contributed by atoms with van der Waals surface area (Å²) in [5.74, 6) is -1.01. The van der Waals surface area contributed by atoms with Gasteiger partial charge in [-0.2, -0.15) is 5.10 Å². The van der Waals surface area contributed by atoms with Crippen molar-refractivity contribution in [3.05, 3.63) is 100.0 Å². The molecule has 0 aliphatic rings. The molecule has 0 fully saturated rings. The molecule has 1 aromatic heterocycles. The first-order valence-electron chi connectivity index (χ1n) is 11.7. The van der Waals surface area contributed by atoms with Crippen molar-refractivity contribution >= 4 is 84.4 Å². The van der Waals surface area contributed by atoms with Gasteiger partial charge in [0.15, 0.2) is 0 Å². The fraction of sp³-hybridized carbons (Fsp3) is 0.0345. The minimum absolute atomic E-state index is 0.454. The van der Waals surface area contributed by atoms with E-state index in [-0.39, 0.29) is 0 Å². The normalized spacial score (nSPS) is 11.1. The van der Waals surface area contributed by atoms with Gasteiger partial charge in [0.1, 0.15) is 5.75 Å². The molecule has 0 spiro atoms. The third-order valence-corrected chi connectivity index (χ3v) is 6.57. The Kier molecular flexibility index (Phi) is 7.72. The number of carbonyl (C=O) groups is 2. The highest BCUT2D eigenvalue weighted by Gasteiger charge is 2.14. The number of ether oxygens (including phenoxy) is 1. The fourth-order valence-electron chi connectivity index (χ4n) is 3.89. The second-order valence-electron chi connectivity index (χ2n) is 8.44. The molecule has 0 atom stereocenters. The lowest BCUT2D eigenvalue weighted by Crippen LogP contribution is -2.32. The zero-order chi connectivity index (χ0) is 27.4. The molecular formula is C29H21BrClN5O3. The van der Waals surface area contributed by atoms with Crippen molar-refractivity contribution in [3.8, 4) is 5.75 Å². The molecule has 0 unspecified atom stereocenters. The van der Waals surface area contributed by atoms with Gasteiger partial charge in [-0.15, -0.1) is 0 Å². The summed E-state index contributed by atoms with van der Waals surface area (Å²) in [5.41, 5.74) is 6.59. The van der Waals surface area contributed by atoms with Crippen LogP contribution in [0.5, 0.6) is 5.75 Å². The van der Waals surface area contributed by atoms with Gasteiger partial charge in [0.2, 0.25) is 0 Å². The second-order valence-corrected chi connectivity index (χ2v) is 9.79. The topological polar surface area (TPSA) is 105 Å². The number of hydrazone groups is 1. The highest BCUT2D eigenvalue weighted by Crippen LogP contribution is 2.36. The number of hydrogen-bond acceptors (Lipinski definition) is 6. The molecule has 0 aliphatic heterocycles. The predicted octanol–water partition coefficient (Wildman–Crippen LogP) is 6.64. The van der Waals surface area contributed by atoms with Crippen molar-refractivity contribution in [3.63, 3.8) is 0 Å². The third kappa shape index (κ3) is 6.17. The number of benzene rings is 4. The van der Waals surface area contributed by atoms with Crippen LogP contribution in [-0.4, -0.2) is 30.1 Å². The summed E-state index contributed by atoms with van der Waals surface area (Å²) in [6.45, 7) is 0. The Labute approximate surface area is 237 Å². The molecule has 0 bridgehead atoms. The van der Waals surface area contributed by atoms with Crippen LogP contribution in [-0.2, 0) is 9.59 Å². The van der Waals surface area contributed by atoms with Gasteiger partial charge in [0, 0.05) is 31.6 Å². The number of carbonyl (C=O) groups excluding carboxylic acids is 2. The van der Waals surface area contributed by atoms with Crippen LogP contribution in [0.25, 0.3) is 21.8 Å². The zero-order valence-electron chi connectivity index (χ0n) is 20.5. The van der Waals surface area contributed by atoms with E-state index in [9.17, 15) is 9.59 Å². The summed E-state index contributed by atoms with van der Waals surface area (Å²) in [5, 5.41) is 12.2. The molecular weight excluding hydrogens is 582 g/mol. The lowest BCUT2D eigenvalue weighted by atomic mass is 10.1. The molecule has 0 saturated carbocycles. The van der Waals surface area contributed by atoms with Gasteiger partial charge in [-0.1, -0.05) is 39.7 Å². The van der Waals surface area contributed by atoms with E-state index in [0.717, 1.165) is 43.2 Å². The van der Waals surface area contributed by atoms with Gasteiger partial charge in [-0.05, 0) is 78.4 Å². The maximum Gasteiger partial charge on any atom is 0.329 e. The standard InChI is InChI=1S/C29H21BrClN5O3/c1-39-22-11-13-25-24(15-22)27(23-12-6-19(31)14-26(23)35-25)33-20-7-9-21(10-8-20)34-28(37)29(38)36-32-16-17-2-4-18(30)5-3-17/h2-16H,1H3,(H,33,35)(H,34,37)(H,36,38)/b32-16+. The van der Waals surface area contributed by atoms with Crippen LogP contribution in [0, 0.1) is 0 Å². The lowest BCUT2D eigenvalue weighted by molar-refractivity contribution is -0.136. The third-order valence-electron chi connectivity index (χ3n) is 5.81. The maximum absolute atomic E-state index is 12.3. The number of nitrogens with one attached hydrogen (secondary N) is 3. The van der Waals surface area contributed by atoms with E-state index >= 15 is 0 Å². The van der Waals surface area contributed by atoms with Crippen LogP contribution >= 0.6 is 27.5 Å². The number of aromatic nitrogens is 1. The Morgan fingerprint density at radius 3 is 2.36 bits per heavy atom. The van der Waals surface area contributed by atoms with Gasteiger partial charge in [-0.25, -0.2) is 10.4 Å². The summed E-state index contributed by atoms with van der Waals surface area (Å²) in [7, 11) is 1.62. The summed E-state index contributed by atoms with van der Waals surface area (Å²) < 4.78 is 6.35. The van der Waals surface area contributed by atoms with Crippen LogP contribution in [0.1, 0.15) is 5.56 Å². The number of anilines is 3. The number of nitrogens with zero attached hydrogens (tertiary/aromatic N) is 2. The molecule has 0 aliphatic carbocycles. The van der Waals surface area contributed by atoms with Crippen molar-refractivity contribution in [2.24, 2.45) is 5.10 Å². The first-order chi connectivity index (χ1) is 18.9. The van der Waals surface area contributed by atoms with Gasteiger partial charge in [0.05, 0.1) is 30.0 Å². The van der Waals surface area contributed by atoms with Crippen LogP contribution in [0.4, 0.5) is 17.1 Å². The van der Waals surface area contributed by atoms with Gasteiger partial charge in [0.25, 0.3) is 0 Å². The van der Waals surface area contributed by atoms with E-state index in [1.807, 2.05) is 60.7 Å². The van der Waals surface area contributed by atoms with Gasteiger partial charge < -0.3 is 15.4 Å². The predicted molar refractivity (Wildman–Crippen MR) is 159 cm³/mol. The van der Waals surface area contributed by atoms with Crippen molar-refractivity contribution in [2.75, 3.05) is 17.7 Å². The monoisotopic (exact) mass is 601 g/mol. The van der Waals surface area contributed by atoms with Crippen LogP contribution < -0.4 is 20.8 Å². The Morgan fingerprint density at radius 1 is 0.872 bits per heavy atom. The minimum atomic E-state index is -0.882. The molecule has 194 valence electrons. The minimum Gasteiger partial charge on any atom is -0.497 e.